The zero-order valence-electron chi connectivity index (χ0n) is 17.7. The lowest BCUT2D eigenvalue weighted by atomic mass is 9.67. The van der Waals surface area contributed by atoms with Gasteiger partial charge in [-0.25, -0.2) is 0 Å². The largest absolute Gasteiger partial charge is 0.545 e. The van der Waals surface area contributed by atoms with E-state index in [-0.39, 0.29) is 65.5 Å². The van der Waals surface area contributed by atoms with Crippen LogP contribution in [0.3, 0.4) is 0 Å². The number of aliphatic hydroxyl groups excluding tert-OH is 2. The van der Waals surface area contributed by atoms with E-state index in [1.807, 2.05) is 27.7 Å². The van der Waals surface area contributed by atoms with Gasteiger partial charge in [0.15, 0.2) is 11.6 Å². The van der Waals surface area contributed by atoms with E-state index in [9.17, 15) is 29.7 Å². The van der Waals surface area contributed by atoms with Crippen molar-refractivity contribution in [3.05, 3.63) is 58.1 Å². The first-order valence-electron chi connectivity index (χ1n) is 10.0. The Balaban J connectivity index is 2.21. The molecular formula is C24H27O6-. The molecule has 3 rings (SSSR count). The number of carboxylic acids is 1. The third-order valence-corrected chi connectivity index (χ3v) is 5.85. The van der Waals surface area contributed by atoms with Gasteiger partial charge >= 0.3 is 0 Å². The van der Waals surface area contributed by atoms with Crippen molar-refractivity contribution in [2.75, 3.05) is 0 Å². The maximum atomic E-state index is 13.1. The minimum absolute atomic E-state index is 0.0406. The fourth-order valence-corrected chi connectivity index (χ4v) is 4.55. The second kappa shape index (κ2) is 7.42. The molecule has 0 fully saturated rings. The lowest BCUT2D eigenvalue weighted by molar-refractivity contribution is -0.255. The van der Waals surface area contributed by atoms with Crippen molar-refractivity contribution in [3.63, 3.8) is 0 Å². The zero-order chi connectivity index (χ0) is 22.4. The van der Waals surface area contributed by atoms with Crippen LogP contribution in [0.15, 0.2) is 46.9 Å². The van der Waals surface area contributed by atoms with Crippen LogP contribution >= 0.6 is 0 Å². The van der Waals surface area contributed by atoms with E-state index in [1.165, 1.54) is 24.3 Å². The van der Waals surface area contributed by atoms with Crippen molar-refractivity contribution in [2.45, 2.75) is 59.3 Å². The summed E-state index contributed by atoms with van der Waals surface area (Å²) in [5.41, 5.74) is -0.202. The van der Waals surface area contributed by atoms with Crippen molar-refractivity contribution in [1.29, 1.82) is 0 Å². The fraction of sp³-hybridized carbons (Fsp3) is 0.458. The molecule has 6 heteroatoms. The molecule has 0 atom stereocenters. The van der Waals surface area contributed by atoms with Crippen molar-refractivity contribution in [3.8, 4) is 0 Å². The highest BCUT2D eigenvalue weighted by atomic mass is 16.4. The summed E-state index contributed by atoms with van der Waals surface area (Å²) in [4.78, 5) is 37.2. The highest BCUT2D eigenvalue weighted by Crippen LogP contribution is 2.47. The number of benzene rings is 1. The van der Waals surface area contributed by atoms with Crippen LogP contribution < -0.4 is 5.11 Å². The first-order valence-corrected chi connectivity index (χ1v) is 10.0. The Kier molecular flexibility index (Phi) is 5.39. The van der Waals surface area contributed by atoms with Gasteiger partial charge in [0, 0.05) is 42.7 Å². The minimum Gasteiger partial charge on any atom is -0.545 e. The summed E-state index contributed by atoms with van der Waals surface area (Å²) in [7, 11) is 0. The molecule has 1 aromatic rings. The topological polar surface area (TPSA) is 115 Å². The third-order valence-electron chi connectivity index (χ3n) is 5.85. The molecule has 0 aromatic heterocycles. The number of hydrogen-bond donors (Lipinski definition) is 2. The van der Waals surface area contributed by atoms with Crippen molar-refractivity contribution in [2.24, 2.45) is 10.8 Å². The fourth-order valence-electron chi connectivity index (χ4n) is 4.55. The Bertz CT molecular complexity index is 923. The van der Waals surface area contributed by atoms with Crippen LogP contribution in [0.2, 0.25) is 0 Å². The Hall–Kier alpha value is -2.89. The maximum Gasteiger partial charge on any atom is 0.163 e. The summed E-state index contributed by atoms with van der Waals surface area (Å²) in [5, 5.41) is 32.7. The van der Waals surface area contributed by atoms with Gasteiger partial charge in [0.1, 0.15) is 11.5 Å². The smallest absolute Gasteiger partial charge is 0.163 e. The zero-order valence-corrected chi connectivity index (χ0v) is 17.7. The number of carbonyl (C=O) groups excluding carboxylic acids is 3. The maximum absolute atomic E-state index is 13.1. The van der Waals surface area contributed by atoms with Gasteiger partial charge in [0.2, 0.25) is 0 Å². The number of carbonyl (C=O) groups is 3. The minimum atomic E-state index is -1.34. The van der Waals surface area contributed by atoms with Gasteiger partial charge < -0.3 is 20.1 Å². The molecule has 0 radical (unpaired) electrons. The normalized spacial score (nSPS) is 21.4. The molecule has 0 heterocycles. The lowest BCUT2D eigenvalue weighted by Gasteiger charge is -2.36. The molecule has 6 nitrogen and oxygen atoms in total. The van der Waals surface area contributed by atoms with Crippen LogP contribution in [0.5, 0.6) is 0 Å². The number of rotatable bonds is 4. The highest BCUT2D eigenvalue weighted by Gasteiger charge is 2.43. The molecule has 30 heavy (non-hydrogen) atoms. The van der Waals surface area contributed by atoms with Gasteiger partial charge in [-0.15, -0.1) is 0 Å². The molecule has 2 N–H and O–H groups in total. The van der Waals surface area contributed by atoms with Crippen molar-refractivity contribution in [1.82, 2.24) is 0 Å². The van der Waals surface area contributed by atoms with Gasteiger partial charge in [-0.2, -0.15) is 0 Å². The number of ketones is 2. The molecule has 0 amide bonds. The van der Waals surface area contributed by atoms with E-state index in [2.05, 4.69) is 0 Å². The average molecular weight is 411 g/mol. The molecule has 2 aliphatic rings. The predicted octanol–water partition coefficient (Wildman–Crippen LogP) is 3.54. The summed E-state index contributed by atoms with van der Waals surface area (Å²) in [6.45, 7) is 7.53. The van der Waals surface area contributed by atoms with Crippen LogP contribution in [-0.4, -0.2) is 27.7 Å². The Morgan fingerprint density at radius 3 is 1.57 bits per heavy atom. The van der Waals surface area contributed by atoms with E-state index in [1.54, 1.807) is 0 Å². The SMILES string of the molecule is CC1(C)CC(=O)C(C(C2=C(O)CC(C)(C)CC2=O)c2ccc(C(=O)[O-])cc2)=C(O)C1. The van der Waals surface area contributed by atoms with E-state index < -0.39 is 22.7 Å². The van der Waals surface area contributed by atoms with E-state index in [0.29, 0.717) is 5.56 Å². The number of Topliss-reactive ketones (excluding diaryl/α,β-unsaturated/α-hetero) is 2. The highest BCUT2D eigenvalue weighted by molar-refractivity contribution is 6.05. The molecule has 0 aliphatic heterocycles. The first kappa shape index (κ1) is 21.8. The molecule has 1 aromatic carbocycles. The van der Waals surface area contributed by atoms with Gasteiger partial charge in [0.05, 0.1) is 5.97 Å². The Morgan fingerprint density at radius 1 is 0.833 bits per heavy atom. The monoisotopic (exact) mass is 411 g/mol. The van der Waals surface area contributed by atoms with E-state index in [4.69, 9.17) is 0 Å². The molecule has 0 unspecified atom stereocenters. The van der Waals surface area contributed by atoms with Crippen LogP contribution in [0.1, 0.15) is 75.2 Å². The molecule has 2 aliphatic carbocycles. The average Bonchev–Trinajstić information content (AvgIpc) is 2.57. The van der Waals surface area contributed by atoms with Gasteiger partial charge in [0.25, 0.3) is 0 Å². The van der Waals surface area contributed by atoms with Crippen LogP contribution in [0.4, 0.5) is 0 Å². The van der Waals surface area contributed by atoms with Crippen LogP contribution in [-0.2, 0) is 9.59 Å². The molecule has 160 valence electrons. The molecule has 0 spiro atoms. The van der Waals surface area contributed by atoms with Gasteiger partial charge in [-0.1, -0.05) is 52.0 Å². The summed E-state index contributed by atoms with van der Waals surface area (Å²) in [5.74, 6) is -3.04. The Morgan fingerprint density at radius 2 is 1.23 bits per heavy atom. The second-order valence-electron chi connectivity index (χ2n) is 9.95. The number of carboxylic acid groups (broad SMARTS) is 1. The van der Waals surface area contributed by atoms with Crippen LogP contribution in [0.25, 0.3) is 0 Å². The van der Waals surface area contributed by atoms with E-state index in [0.717, 1.165) is 0 Å². The lowest BCUT2D eigenvalue weighted by Crippen LogP contribution is -2.33. The first-order chi connectivity index (χ1) is 13.8. The predicted molar refractivity (Wildman–Crippen MR) is 109 cm³/mol. The standard InChI is InChI=1S/C24H28O6/c1-23(2)9-15(25)20(16(26)10-23)19(13-5-7-14(8-6-13)22(29)30)21-17(27)11-24(3,4)12-18(21)28/h5-8,19,25,27H,9-12H2,1-4H3,(H,29,30)/p-1. The summed E-state index contributed by atoms with van der Waals surface area (Å²) in [6, 6.07) is 5.66. The summed E-state index contributed by atoms with van der Waals surface area (Å²) in [6.07, 6.45) is 0.951. The van der Waals surface area contributed by atoms with Crippen molar-refractivity contribution < 1.29 is 29.7 Å². The van der Waals surface area contributed by atoms with Gasteiger partial charge in [-0.3, -0.25) is 9.59 Å². The summed E-state index contributed by atoms with van der Waals surface area (Å²) < 4.78 is 0. The summed E-state index contributed by atoms with van der Waals surface area (Å²) >= 11 is 0. The second-order valence-corrected chi connectivity index (χ2v) is 9.95. The van der Waals surface area contributed by atoms with Crippen LogP contribution in [0, 0.1) is 10.8 Å². The number of hydrogen-bond acceptors (Lipinski definition) is 6. The number of aromatic carboxylic acids is 1. The van der Waals surface area contributed by atoms with E-state index >= 15 is 0 Å². The van der Waals surface area contributed by atoms with Gasteiger partial charge in [-0.05, 0) is 22.0 Å². The number of allylic oxidation sites excluding steroid dienone is 4. The molecule has 0 saturated heterocycles. The molecular weight excluding hydrogens is 384 g/mol. The molecule has 0 bridgehead atoms. The number of aliphatic hydroxyl groups is 2. The third kappa shape index (κ3) is 4.18. The quantitative estimate of drug-likeness (QED) is 0.783. The Labute approximate surface area is 175 Å². The van der Waals surface area contributed by atoms with Crippen molar-refractivity contribution >= 4 is 17.5 Å². The molecule has 0 saturated carbocycles.